The van der Waals surface area contributed by atoms with Gasteiger partial charge in [0.1, 0.15) is 6.61 Å². The Morgan fingerprint density at radius 3 is 2.85 bits per heavy atom. The number of allylic oxidation sites excluding steroid dienone is 3. The molecule has 0 atom stereocenters. The number of aromatic amines is 1. The molecular formula is C22H28N2O2. The van der Waals surface area contributed by atoms with Crippen molar-refractivity contribution in [1.29, 1.82) is 0 Å². The number of para-hydroxylation sites is 1. The molecule has 1 amide bonds. The summed E-state index contributed by atoms with van der Waals surface area (Å²) in [6.07, 6.45) is 6.91. The normalized spacial score (nSPS) is 14.3. The smallest absolute Gasteiger partial charge is 0.410 e. The summed E-state index contributed by atoms with van der Waals surface area (Å²) in [5.41, 5.74) is 6.20. The van der Waals surface area contributed by atoms with Crippen molar-refractivity contribution in [3.05, 3.63) is 58.8 Å². The Kier molecular flexibility index (Phi) is 5.82. The molecule has 0 fully saturated rings. The summed E-state index contributed by atoms with van der Waals surface area (Å²) in [6, 6.07) is 8.31. The number of amides is 1. The Bertz CT molecular complexity index is 841. The van der Waals surface area contributed by atoms with E-state index < -0.39 is 0 Å². The quantitative estimate of drug-likeness (QED) is 0.737. The predicted octanol–water partition coefficient (Wildman–Crippen LogP) is 5.36. The minimum absolute atomic E-state index is 0.234. The van der Waals surface area contributed by atoms with Crippen molar-refractivity contribution in [3.8, 4) is 0 Å². The highest BCUT2D eigenvalue weighted by molar-refractivity contribution is 5.85. The van der Waals surface area contributed by atoms with E-state index in [1.807, 2.05) is 12.1 Å². The summed E-state index contributed by atoms with van der Waals surface area (Å²) < 4.78 is 5.45. The number of fused-ring (bicyclic) bond motifs is 3. The summed E-state index contributed by atoms with van der Waals surface area (Å²) in [4.78, 5) is 17.6. The first kappa shape index (κ1) is 18.3. The minimum Gasteiger partial charge on any atom is -0.445 e. The van der Waals surface area contributed by atoms with Crippen LogP contribution >= 0.6 is 0 Å². The zero-order valence-electron chi connectivity index (χ0n) is 16.0. The SMILES string of the molecule is CC(C)=CCC/C(C)=C\COC(=O)N1CCc2c([nH]c3ccccc23)C1. The molecule has 1 aromatic carbocycles. The molecule has 0 aliphatic carbocycles. The molecule has 1 N–H and O–H groups in total. The number of ether oxygens (including phenoxy) is 1. The molecule has 26 heavy (non-hydrogen) atoms. The van der Waals surface area contributed by atoms with Gasteiger partial charge in [0.15, 0.2) is 0 Å². The summed E-state index contributed by atoms with van der Waals surface area (Å²) in [7, 11) is 0. The molecule has 1 aliphatic rings. The van der Waals surface area contributed by atoms with Crippen LogP contribution in [0.1, 0.15) is 44.9 Å². The summed E-state index contributed by atoms with van der Waals surface area (Å²) in [5.74, 6) is 0. The van der Waals surface area contributed by atoms with Gasteiger partial charge in [-0.2, -0.15) is 0 Å². The number of hydrogen-bond acceptors (Lipinski definition) is 2. The number of carbonyl (C=O) groups is 1. The van der Waals surface area contributed by atoms with Gasteiger partial charge in [-0.3, -0.25) is 0 Å². The lowest BCUT2D eigenvalue weighted by atomic mass is 10.0. The molecule has 0 radical (unpaired) electrons. The van der Waals surface area contributed by atoms with Crippen molar-refractivity contribution in [3.63, 3.8) is 0 Å². The van der Waals surface area contributed by atoms with Gasteiger partial charge in [0.2, 0.25) is 0 Å². The zero-order valence-corrected chi connectivity index (χ0v) is 16.0. The standard InChI is InChI=1S/C22H28N2O2/c1-16(2)7-6-8-17(3)12-14-26-22(25)24-13-11-19-18-9-4-5-10-20(18)23-21(19)15-24/h4-5,7,9-10,12,23H,6,8,11,13-15H2,1-3H3/b17-12-. The monoisotopic (exact) mass is 352 g/mol. The summed E-state index contributed by atoms with van der Waals surface area (Å²) in [6.45, 7) is 7.94. The van der Waals surface area contributed by atoms with Crippen LogP contribution in [0.15, 0.2) is 47.6 Å². The Labute approximate surface area is 155 Å². The maximum Gasteiger partial charge on any atom is 0.410 e. The molecule has 0 unspecified atom stereocenters. The van der Waals surface area contributed by atoms with Crippen LogP contribution in [0.5, 0.6) is 0 Å². The highest BCUT2D eigenvalue weighted by Gasteiger charge is 2.24. The third kappa shape index (κ3) is 4.37. The highest BCUT2D eigenvalue weighted by Crippen LogP contribution is 2.27. The van der Waals surface area contributed by atoms with Crippen LogP contribution in [-0.4, -0.2) is 29.1 Å². The van der Waals surface area contributed by atoms with E-state index in [1.54, 1.807) is 4.90 Å². The van der Waals surface area contributed by atoms with Gasteiger partial charge in [0, 0.05) is 23.1 Å². The van der Waals surface area contributed by atoms with E-state index in [1.165, 1.54) is 22.1 Å². The number of H-pyrrole nitrogens is 1. The number of rotatable bonds is 5. The van der Waals surface area contributed by atoms with Gasteiger partial charge in [-0.15, -0.1) is 0 Å². The molecule has 0 spiro atoms. The Hall–Kier alpha value is -2.49. The second-order valence-corrected chi connectivity index (χ2v) is 7.25. The molecule has 138 valence electrons. The van der Waals surface area contributed by atoms with Crippen LogP contribution in [0.3, 0.4) is 0 Å². The lowest BCUT2D eigenvalue weighted by Crippen LogP contribution is -2.36. The van der Waals surface area contributed by atoms with Crippen LogP contribution in [-0.2, 0) is 17.7 Å². The molecule has 1 aromatic heterocycles. The molecule has 4 nitrogen and oxygen atoms in total. The van der Waals surface area contributed by atoms with E-state index in [4.69, 9.17) is 4.74 Å². The summed E-state index contributed by atoms with van der Waals surface area (Å²) >= 11 is 0. The molecule has 0 saturated heterocycles. The van der Waals surface area contributed by atoms with Crippen LogP contribution < -0.4 is 0 Å². The average Bonchev–Trinajstić information content (AvgIpc) is 2.99. The lowest BCUT2D eigenvalue weighted by molar-refractivity contribution is 0.107. The van der Waals surface area contributed by atoms with Gasteiger partial charge in [-0.25, -0.2) is 4.79 Å². The first-order valence-corrected chi connectivity index (χ1v) is 9.33. The van der Waals surface area contributed by atoms with E-state index in [-0.39, 0.29) is 6.09 Å². The van der Waals surface area contributed by atoms with E-state index >= 15 is 0 Å². The summed E-state index contributed by atoms with van der Waals surface area (Å²) in [5, 5.41) is 1.27. The molecule has 1 aliphatic heterocycles. The van der Waals surface area contributed by atoms with E-state index in [0.29, 0.717) is 19.7 Å². The van der Waals surface area contributed by atoms with Gasteiger partial charge in [0.25, 0.3) is 0 Å². The van der Waals surface area contributed by atoms with Crippen molar-refractivity contribution in [1.82, 2.24) is 9.88 Å². The Morgan fingerprint density at radius 2 is 2.04 bits per heavy atom. The largest absolute Gasteiger partial charge is 0.445 e. The van der Waals surface area contributed by atoms with Crippen molar-refractivity contribution in [2.45, 2.75) is 46.6 Å². The third-order valence-corrected chi connectivity index (χ3v) is 4.87. The highest BCUT2D eigenvalue weighted by atomic mass is 16.6. The van der Waals surface area contributed by atoms with Crippen molar-refractivity contribution in [2.24, 2.45) is 0 Å². The maximum atomic E-state index is 12.4. The number of carbonyl (C=O) groups excluding carboxylic acids is 1. The Balaban J connectivity index is 1.52. The number of nitrogens with zero attached hydrogens (tertiary/aromatic N) is 1. The van der Waals surface area contributed by atoms with Gasteiger partial charge < -0.3 is 14.6 Å². The van der Waals surface area contributed by atoms with E-state index in [2.05, 4.69) is 50.0 Å². The fourth-order valence-corrected chi connectivity index (χ4v) is 3.39. The van der Waals surface area contributed by atoms with Crippen LogP contribution in [0.4, 0.5) is 4.79 Å². The number of benzene rings is 1. The zero-order chi connectivity index (χ0) is 18.5. The van der Waals surface area contributed by atoms with Crippen LogP contribution in [0, 0.1) is 0 Å². The second-order valence-electron chi connectivity index (χ2n) is 7.25. The van der Waals surface area contributed by atoms with Gasteiger partial charge in [-0.1, -0.05) is 35.4 Å². The number of hydrogen-bond donors (Lipinski definition) is 1. The van der Waals surface area contributed by atoms with Gasteiger partial charge in [-0.05, 0) is 57.7 Å². The van der Waals surface area contributed by atoms with E-state index in [9.17, 15) is 4.79 Å². The topological polar surface area (TPSA) is 45.3 Å². The molecule has 0 saturated carbocycles. The van der Waals surface area contributed by atoms with Crippen molar-refractivity contribution < 1.29 is 9.53 Å². The molecule has 2 heterocycles. The molecule has 0 bridgehead atoms. The number of nitrogens with one attached hydrogen (secondary N) is 1. The maximum absolute atomic E-state index is 12.4. The van der Waals surface area contributed by atoms with Gasteiger partial charge in [0.05, 0.1) is 6.54 Å². The molecule has 2 aromatic rings. The van der Waals surface area contributed by atoms with Crippen molar-refractivity contribution in [2.75, 3.05) is 13.2 Å². The first-order valence-electron chi connectivity index (χ1n) is 9.33. The molecule has 3 rings (SSSR count). The van der Waals surface area contributed by atoms with Crippen molar-refractivity contribution >= 4 is 17.0 Å². The second kappa shape index (κ2) is 8.26. The number of aromatic nitrogens is 1. The first-order chi connectivity index (χ1) is 12.5. The fourth-order valence-electron chi connectivity index (χ4n) is 3.39. The Morgan fingerprint density at radius 1 is 1.23 bits per heavy atom. The van der Waals surface area contributed by atoms with E-state index in [0.717, 1.165) is 30.5 Å². The van der Waals surface area contributed by atoms with Gasteiger partial charge >= 0.3 is 6.09 Å². The van der Waals surface area contributed by atoms with Crippen LogP contribution in [0.25, 0.3) is 10.9 Å². The fraction of sp³-hybridized carbons (Fsp3) is 0.409. The molecule has 4 heteroatoms. The third-order valence-electron chi connectivity index (χ3n) is 4.87. The minimum atomic E-state index is -0.234. The molecular weight excluding hydrogens is 324 g/mol. The lowest BCUT2D eigenvalue weighted by Gasteiger charge is -2.26. The average molecular weight is 352 g/mol. The van der Waals surface area contributed by atoms with Crippen LogP contribution in [0.2, 0.25) is 0 Å². The predicted molar refractivity (Wildman–Crippen MR) is 106 cm³/mol.